The van der Waals surface area contributed by atoms with Crippen LogP contribution in [0, 0.1) is 103 Å². The summed E-state index contributed by atoms with van der Waals surface area (Å²) in [7, 11) is 0.983. The highest BCUT2D eigenvalue weighted by atomic mass is 28.3. The first-order valence-corrected chi connectivity index (χ1v) is 60.7. The maximum atomic E-state index is 15.5. The van der Waals surface area contributed by atoms with Gasteiger partial charge in [-0.05, 0) is 261 Å². The van der Waals surface area contributed by atoms with E-state index in [0.29, 0.717) is 40.0 Å². The largest absolute Gasteiger partial charge is 0.455 e. The molecular weight excluding hydrogens is 1730 g/mol. The van der Waals surface area contributed by atoms with Crippen LogP contribution in [0.4, 0.5) is 22.0 Å². The van der Waals surface area contributed by atoms with Crippen molar-refractivity contribution in [3.63, 3.8) is 0 Å². The van der Waals surface area contributed by atoms with Crippen LogP contribution in [0.15, 0.2) is 212 Å². The minimum atomic E-state index is -2.23. The second kappa shape index (κ2) is 34.7. The zero-order valence-electron chi connectivity index (χ0n) is 86.8. The molecular formula is C117H125F5N4O4Si4+4. The summed E-state index contributed by atoms with van der Waals surface area (Å²) in [6.45, 7) is 50.1. The highest BCUT2D eigenvalue weighted by Crippen LogP contribution is 2.46. The monoisotopic (exact) mass is 1860 g/mol. The molecule has 0 unspecified atom stereocenters. The normalized spacial score (nSPS) is 13.0. The maximum Gasteiger partial charge on any atom is 0.217 e. The number of halogens is 5. The fourth-order valence-electron chi connectivity index (χ4n) is 20.2. The van der Waals surface area contributed by atoms with Gasteiger partial charge in [-0.1, -0.05) is 148 Å². The molecule has 134 heavy (non-hydrogen) atoms. The highest BCUT2D eigenvalue weighted by molar-refractivity contribution is 6.90. The third-order valence-electron chi connectivity index (χ3n) is 27.7. The van der Waals surface area contributed by atoms with Gasteiger partial charge in [-0.25, -0.2) is 22.0 Å². The van der Waals surface area contributed by atoms with Gasteiger partial charge >= 0.3 is 0 Å². The maximum absolute atomic E-state index is 15.5. The smallest absolute Gasteiger partial charge is 0.217 e. The van der Waals surface area contributed by atoms with Gasteiger partial charge < -0.3 is 17.7 Å². The molecule has 0 aliphatic rings. The standard InChI is InChI=1S/C32H38NOSi.C31H34F2NOSi.C27H26F2NOSi.C27H27FNOSi/c1-19(2)14-23-17-28(33(6)27-16-21(4)30(18-25(23)27)35(7,8)9)31-22(5)20(3)15-26-24-12-10-11-13-29(24)34-32(26)31;1-17(2)11-20-13-27(34(5)26-16-25(33)29(15-23(20)26)36(6,7)8)30-19(4)18(3)12-24-22-10-9-21(32)14-28(22)35-31(24)30;1-15-11-20-19-9-8-18(28)13-24(19)31-27(20)26(16(15)2)22-10-7-17-12-25(32(4,5)6)21(29)14-23(17)30(22)3;1-16-13-20-19-9-7-8-10-24(19)30-27(20)26(17(16)2)22-12-11-18-14-21(28)25(31(4,5)6)15-23(18)29(22)3/h10-13,15-19H,14H2,1-9H3;9-10,12-17H,11H2,1-8H3;7-14H,1-6H3;7-15H,1-6H3/q4*+1/i3D3;;;11D. The zero-order chi connectivity index (χ0) is 99.7. The molecule has 0 aliphatic carbocycles. The Morgan fingerprint density at radius 3 is 1.07 bits per heavy atom. The van der Waals surface area contributed by atoms with Gasteiger partial charge in [-0.3, -0.25) is 0 Å². The van der Waals surface area contributed by atoms with Crippen molar-refractivity contribution in [3.8, 4) is 45.0 Å². The van der Waals surface area contributed by atoms with Crippen LogP contribution in [0.5, 0.6) is 0 Å². The third kappa shape index (κ3) is 16.8. The Bertz CT molecular complexity index is 8490. The van der Waals surface area contributed by atoms with E-state index in [2.05, 4.69) is 242 Å². The average Bonchev–Trinajstić information content (AvgIpc) is 1.41. The molecule has 20 aromatic rings. The first kappa shape index (κ1) is 88.6. The molecule has 8 heterocycles. The van der Waals surface area contributed by atoms with Gasteiger partial charge in [-0.2, -0.15) is 18.3 Å². The molecule has 0 amide bonds. The molecule has 0 N–H and O–H groups in total. The fourth-order valence-corrected chi connectivity index (χ4v) is 26.2. The van der Waals surface area contributed by atoms with Crippen molar-refractivity contribution in [1.82, 2.24) is 0 Å². The lowest BCUT2D eigenvalue weighted by Crippen LogP contribution is -2.42. The topological polar surface area (TPSA) is 68.1 Å². The van der Waals surface area contributed by atoms with Crippen LogP contribution in [0.25, 0.3) is 176 Å². The average molecular weight is 1860 g/mol. The first-order chi connectivity index (χ1) is 64.7. The van der Waals surface area contributed by atoms with Crippen molar-refractivity contribution >= 4 is 184 Å². The summed E-state index contributed by atoms with van der Waals surface area (Å²) in [5, 5.41) is 15.7. The highest BCUT2D eigenvalue weighted by Gasteiger charge is 2.35. The van der Waals surface area contributed by atoms with Crippen molar-refractivity contribution in [2.75, 3.05) is 0 Å². The zero-order valence-corrected chi connectivity index (χ0v) is 86.8. The lowest BCUT2D eigenvalue weighted by molar-refractivity contribution is -0.633. The molecule has 0 fully saturated rings. The van der Waals surface area contributed by atoms with Crippen molar-refractivity contribution in [3.05, 3.63) is 284 Å². The van der Waals surface area contributed by atoms with Crippen LogP contribution in [0.1, 0.15) is 94.4 Å². The number of nitrogens with zero attached hydrogens (tertiary/aromatic N) is 4. The molecule has 12 aromatic carbocycles. The molecule has 0 spiro atoms. The predicted octanol–water partition coefficient (Wildman–Crippen LogP) is 29.0. The van der Waals surface area contributed by atoms with E-state index in [1.165, 1.54) is 68.7 Å². The van der Waals surface area contributed by atoms with Gasteiger partial charge in [0.1, 0.15) is 102 Å². The Balaban J connectivity index is 0.000000128. The van der Waals surface area contributed by atoms with Crippen LogP contribution in [-0.2, 0) is 41.0 Å². The van der Waals surface area contributed by atoms with E-state index in [0.717, 1.165) is 211 Å². The number of hydrogen-bond donors (Lipinski definition) is 0. The summed E-state index contributed by atoms with van der Waals surface area (Å²) in [6, 6.07) is 60.1. The van der Waals surface area contributed by atoms with Gasteiger partial charge in [0.25, 0.3) is 0 Å². The van der Waals surface area contributed by atoms with Gasteiger partial charge in [0, 0.05) is 129 Å². The van der Waals surface area contributed by atoms with Crippen LogP contribution in [0.3, 0.4) is 0 Å². The molecule has 0 radical (unpaired) electrons. The summed E-state index contributed by atoms with van der Waals surface area (Å²) >= 11 is 0. The Morgan fingerprint density at radius 2 is 0.642 bits per heavy atom. The molecule has 8 nitrogen and oxygen atoms in total. The molecule has 17 heteroatoms. The van der Waals surface area contributed by atoms with Crippen LogP contribution >= 0.6 is 0 Å². The van der Waals surface area contributed by atoms with E-state index in [4.69, 9.17) is 23.2 Å². The second-order valence-corrected chi connectivity index (χ2v) is 62.6. The van der Waals surface area contributed by atoms with Gasteiger partial charge in [0.05, 0.1) is 55.9 Å². The van der Waals surface area contributed by atoms with Crippen molar-refractivity contribution in [1.29, 1.82) is 0 Å². The number of pyridine rings is 4. The summed E-state index contributed by atoms with van der Waals surface area (Å²) in [5.74, 6) is -0.190. The van der Waals surface area contributed by atoms with E-state index >= 15 is 8.78 Å². The molecule has 684 valence electrons. The molecule has 0 aliphatic heterocycles. The number of benzene rings is 12. The second-order valence-electron chi connectivity index (χ2n) is 42.4. The number of rotatable bonds is 12. The Kier molecular flexibility index (Phi) is 23.0. The van der Waals surface area contributed by atoms with Crippen LogP contribution in [0.2, 0.25) is 78.6 Å². The van der Waals surface area contributed by atoms with Crippen LogP contribution in [-0.4, -0.2) is 32.3 Å². The molecule has 8 aromatic heterocycles. The van der Waals surface area contributed by atoms with Gasteiger partial charge in [0.15, 0.2) is 0 Å². The summed E-state index contributed by atoms with van der Waals surface area (Å²) in [4.78, 5) is 0. The third-order valence-corrected chi connectivity index (χ3v) is 35.9. The van der Waals surface area contributed by atoms with E-state index in [1.807, 2.05) is 99.4 Å². The Morgan fingerprint density at radius 1 is 0.299 bits per heavy atom. The number of furan rings is 4. The fraction of sp³-hybridized carbons (Fsp3) is 0.282. The number of hydrogen-bond acceptors (Lipinski definition) is 4. The Labute approximate surface area is 793 Å². The molecule has 0 saturated carbocycles. The van der Waals surface area contributed by atoms with Crippen LogP contribution < -0.4 is 39.0 Å². The molecule has 20 rings (SSSR count). The summed E-state index contributed by atoms with van der Waals surface area (Å²) in [6.07, 6.45) is 1.83. The number of para-hydroxylation sites is 2. The van der Waals surface area contributed by atoms with E-state index in [1.54, 1.807) is 24.3 Å². The van der Waals surface area contributed by atoms with E-state index < -0.39 is 39.1 Å². The number of aromatic nitrogens is 4. The molecule has 0 saturated heterocycles. The minimum absolute atomic E-state index is 0.129. The lowest BCUT2D eigenvalue weighted by Gasteiger charge is -2.21. The SMILES string of the molecule is Cc1cc2c(oc3cc(F)ccc32)c(-c2cc(CC(C)C)c3cc([Si](C)(C)C)c(F)cc3[n+]2C)c1C.Cc1cc2c(oc3cc(F)ccc32)c(-c2ccc3cc([Si](C)(C)C)c(F)cc3[n+]2C)c1C.[2H]C([2H])([2H])c1cc2c(oc3ccccc32)c(-c2cc(CC(C)C)c3cc([Si](C)(C)C)c(C)cc3[n+]2C)c1C.[2H]c1cc(-c2c(C)c(C)cc3c2oc2ccccc23)[n+](C)c2cc([Si](C)(C)C)c(F)cc12. The number of fused-ring (bicyclic) bond motifs is 16. The van der Waals surface area contributed by atoms with Crippen molar-refractivity contribution in [2.45, 2.75) is 181 Å². The van der Waals surface area contributed by atoms with Gasteiger partial charge in [-0.15, -0.1) is 0 Å². The quantitative estimate of drug-likeness (QED) is 0.0694. The predicted molar refractivity (Wildman–Crippen MR) is 563 cm³/mol. The summed E-state index contributed by atoms with van der Waals surface area (Å²) in [5.41, 5.74) is 28.8. The van der Waals surface area contributed by atoms with Crippen molar-refractivity contribution in [2.24, 2.45) is 40.0 Å². The number of aryl methyl sites for hydroxylation is 9. The van der Waals surface area contributed by atoms with Gasteiger partial charge in [0.2, 0.25) is 44.8 Å². The molecule has 0 atom stereocenters. The van der Waals surface area contributed by atoms with Crippen molar-refractivity contribution < 1.29 is 63.4 Å². The summed E-state index contributed by atoms with van der Waals surface area (Å²) < 4.78 is 141. The Hall–Kier alpha value is -12.0. The minimum Gasteiger partial charge on any atom is -0.455 e. The lowest BCUT2D eigenvalue weighted by atomic mass is 9.92. The first-order valence-electron chi connectivity index (χ1n) is 48.7. The molecule has 0 bridgehead atoms. The van der Waals surface area contributed by atoms with E-state index in [-0.39, 0.29) is 29.1 Å². The van der Waals surface area contributed by atoms with E-state index in [9.17, 15) is 13.2 Å².